The van der Waals surface area contributed by atoms with Crippen LogP contribution in [-0.4, -0.2) is 39.1 Å². The predicted molar refractivity (Wildman–Crippen MR) is 74.0 cm³/mol. The van der Waals surface area contributed by atoms with E-state index >= 15 is 0 Å². The molecule has 114 valence electrons. The maximum absolute atomic E-state index is 11.9. The van der Waals surface area contributed by atoms with Gasteiger partial charge in [-0.15, -0.1) is 0 Å². The second-order valence-corrected chi connectivity index (χ2v) is 5.63. The number of hydrogen-bond acceptors (Lipinski definition) is 5. The molecule has 0 atom stereocenters. The smallest absolute Gasteiger partial charge is 0.328 e. The quantitative estimate of drug-likeness (QED) is 0.584. The highest BCUT2D eigenvalue weighted by Gasteiger charge is 2.16. The molecular weight excluding hydrogens is 300 g/mol. The summed E-state index contributed by atoms with van der Waals surface area (Å²) < 4.78 is 30.9. The van der Waals surface area contributed by atoms with E-state index in [0.29, 0.717) is 5.75 Å². The highest BCUT2D eigenvalue weighted by molar-refractivity contribution is 7.89. The molecule has 1 aromatic rings. The van der Waals surface area contributed by atoms with E-state index < -0.39 is 28.4 Å². The summed E-state index contributed by atoms with van der Waals surface area (Å²) in [6.45, 7) is -0.533. The zero-order chi connectivity index (χ0) is 16.0. The van der Waals surface area contributed by atoms with Crippen molar-refractivity contribution >= 4 is 28.0 Å². The van der Waals surface area contributed by atoms with E-state index in [9.17, 15) is 18.0 Å². The van der Waals surface area contributed by atoms with Crippen molar-refractivity contribution < 1.29 is 27.9 Å². The van der Waals surface area contributed by atoms with Crippen LogP contribution >= 0.6 is 0 Å². The minimum atomic E-state index is -3.93. The number of ether oxygens (including phenoxy) is 1. The average molecular weight is 314 g/mol. The van der Waals surface area contributed by atoms with Crippen LogP contribution in [-0.2, 0) is 19.6 Å². The summed E-state index contributed by atoms with van der Waals surface area (Å²) in [5.74, 6) is -1.70. The molecule has 4 N–H and O–H groups in total. The lowest BCUT2D eigenvalue weighted by Gasteiger charge is -2.09. The maximum Gasteiger partial charge on any atom is 0.328 e. The first-order valence-electron chi connectivity index (χ1n) is 5.63. The van der Waals surface area contributed by atoms with Crippen LogP contribution in [0.1, 0.15) is 5.56 Å². The highest BCUT2D eigenvalue weighted by Crippen LogP contribution is 2.23. The predicted octanol–water partition coefficient (Wildman–Crippen LogP) is -0.443. The lowest BCUT2D eigenvalue weighted by Crippen LogP contribution is -2.33. The molecule has 1 amide bonds. The number of carboxylic acid groups (broad SMARTS) is 1. The van der Waals surface area contributed by atoms with Gasteiger partial charge in [-0.2, -0.15) is 0 Å². The molecule has 0 bridgehead atoms. The number of carbonyl (C=O) groups excluding carboxylic acids is 1. The van der Waals surface area contributed by atoms with Crippen molar-refractivity contribution in [2.45, 2.75) is 4.90 Å². The standard InChI is InChI=1S/C12H14N2O6S/c1-20-10-4-3-9(6-8(10)2-5-12(16)17)21(18,19)14-7-11(13)15/h2-6,14H,7H2,1H3,(H2,13,15)(H,16,17). The Morgan fingerprint density at radius 3 is 2.62 bits per heavy atom. The summed E-state index contributed by atoms with van der Waals surface area (Å²) in [6, 6.07) is 3.86. The van der Waals surface area contributed by atoms with Crippen molar-refractivity contribution in [2.75, 3.05) is 13.7 Å². The number of carbonyl (C=O) groups is 2. The van der Waals surface area contributed by atoms with E-state index in [2.05, 4.69) is 0 Å². The number of carboxylic acids is 1. The van der Waals surface area contributed by atoms with Gasteiger partial charge in [0, 0.05) is 11.6 Å². The Morgan fingerprint density at radius 1 is 1.43 bits per heavy atom. The molecule has 0 spiro atoms. The van der Waals surface area contributed by atoms with Crippen molar-refractivity contribution in [1.82, 2.24) is 4.72 Å². The molecule has 0 heterocycles. The number of benzene rings is 1. The van der Waals surface area contributed by atoms with E-state index in [-0.39, 0.29) is 10.5 Å². The number of nitrogens with one attached hydrogen (secondary N) is 1. The molecule has 8 nitrogen and oxygen atoms in total. The van der Waals surface area contributed by atoms with Gasteiger partial charge in [0.15, 0.2) is 0 Å². The first-order chi connectivity index (χ1) is 9.76. The Balaban J connectivity index is 3.18. The third-order valence-electron chi connectivity index (χ3n) is 2.35. The molecule has 1 rings (SSSR count). The Bertz CT molecular complexity index is 681. The lowest BCUT2D eigenvalue weighted by molar-refractivity contribution is -0.131. The van der Waals surface area contributed by atoms with E-state index in [1.165, 1.54) is 31.4 Å². The summed E-state index contributed by atoms with van der Waals surface area (Å²) >= 11 is 0. The van der Waals surface area contributed by atoms with Crippen LogP contribution in [0.5, 0.6) is 5.75 Å². The van der Waals surface area contributed by atoms with Crippen LogP contribution in [0, 0.1) is 0 Å². The summed E-state index contributed by atoms with van der Waals surface area (Å²) in [7, 11) is -2.56. The number of rotatable bonds is 7. The number of nitrogens with two attached hydrogens (primary N) is 1. The van der Waals surface area contributed by atoms with Crippen LogP contribution in [0.3, 0.4) is 0 Å². The van der Waals surface area contributed by atoms with Gasteiger partial charge in [0.25, 0.3) is 0 Å². The molecular formula is C12H14N2O6S. The Hall–Kier alpha value is -2.39. The van der Waals surface area contributed by atoms with Crippen LogP contribution in [0.25, 0.3) is 6.08 Å². The summed E-state index contributed by atoms with van der Waals surface area (Å²) in [5.41, 5.74) is 5.14. The third-order valence-corrected chi connectivity index (χ3v) is 3.75. The second-order valence-electron chi connectivity index (χ2n) is 3.87. The molecule has 0 aliphatic rings. The van der Waals surface area contributed by atoms with E-state index in [1.54, 1.807) is 0 Å². The Labute approximate surface area is 121 Å². The average Bonchev–Trinajstić information content (AvgIpc) is 2.42. The molecule has 0 saturated carbocycles. The minimum absolute atomic E-state index is 0.144. The van der Waals surface area contributed by atoms with Gasteiger partial charge in [-0.1, -0.05) is 0 Å². The van der Waals surface area contributed by atoms with Crippen LogP contribution < -0.4 is 15.2 Å². The molecule has 0 aliphatic heterocycles. The fourth-order valence-corrected chi connectivity index (χ4v) is 2.45. The fraction of sp³-hybridized carbons (Fsp3) is 0.167. The topological polar surface area (TPSA) is 136 Å². The Morgan fingerprint density at radius 2 is 2.10 bits per heavy atom. The third kappa shape index (κ3) is 4.89. The van der Waals surface area contributed by atoms with Crippen LogP contribution in [0.2, 0.25) is 0 Å². The number of sulfonamides is 1. The normalized spacial score (nSPS) is 11.5. The van der Waals surface area contributed by atoms with E-state index in [1.807, 2.05) is 4.72 Å². The minimum Gasteiger partial charge on any atom is -0.496 e. The molecule has 0 saturated heterocycles. The van der Waals surface area contributed by atoms with Gasteiger partial charge in [-0.05, 0) is 24.3 Å². The van der Waals surface area contributed by atoms with Crippen molar-refractivity contribution in [1.29, 1.82) is 0 Å². The van der Waals surface area contributed by atoms with Gasteiger partial charge < -0.3 is 15.6 Å². The first kappa shape index (κ1) is 16.7. The fourth-order valence-electron chi connectivity index (χ4n) is 1.42. The maximum atomic E-state index is 11.9. The van der Waals surface area contributed by atoms with Gasteiger partial charge in [-0.3, -0.25) is 4.79 Å². The van der Waals surface area contributed by atoms with Crippen molar-refractivity contribution in [3.63, 3.8) is 0 Å². The molecule has 21 heavy (non-hydrogen) atoms. The van der Waals surface area contributed by atoms with Gasteiger partial charge >= 0.3 is 5.97 Å². The zero-order valence-electron chi connectivity index (χ0n) is 11.1. The van der Waals surface area contributed by atoms with Gasteiger partial charge in [-0.25, -0.2) is 17.9 Å². The molecule has 0 aromatic heterocycles. The summed E-state index contributed by atoms with van der Waals surface area (Å²) in [4.78, 5) is 21.0. The van der Waals surface area contributed by atoms with Crippen LogP contribution in [0.4, 0.5) is 0 Å². The summed E-state index contributed by atoms with van der Waals surface area (Å²) in [6.07, 6.45) is 2.05. The molecule has 0 aliphatic carbocycles. The van der Waals surface area contributed by atoms with E-state index in [4.69, 9.17) is 15.6 Å². The van der Waals surface area contributed by atoms with Crippen LogP contribution in [0.15, 0.2) is 29.2 Å². The molecule has 0 unspecified atom stereocenters. The van der Waals surface area contributed by atoms with Gasteiger partial charge in [0.2, 0.25) is 15.9 Å². The van der Waals surface area contributed by atoms with E-state index in [0.717, 1.165) is 6.08 Å². The lowest BCUT2D eigenvalue weighted by atomic mass is 10.2. The largest absolute Gasteiger partial charge is 0.496 e. The molecule has 9 heteroatoms. The van der Waals surface area contributed by atoms with Gasteiger partial charge in [0.05, 0.1) is 18.6 Å². The van der Waals surface area contributed by atoms with Crippen molar-refractivity contribution in [3.8, 4) is 5.75 Å². The van der Waals surface area contributed by atoms with Crippen molar-refractivity contribution in [3.05, 3.63) is 29.8 Å². The number of hydrogen-bond donors (Lipinski definition) is 3. The molecule has 1 aromatic carbocycles. The number of amides is 1. The summed E-state index contributed by atoms with van der Waals surface area (Å²) in [5, 5.41) is 8.60. The second kappa shape index (κ2) is 6.86. The monoisotopic (exact) mass is 314 g/mol. The number of aliphatic carboxylic acids is 1. The van der Waals surface area contributed by atoms with Gasteiger partial charge in [0.1, 0.15) is 5.75 Å². The Kier molecular flexibility index (Phi) is 5.44. The first-order valence-corrected chi connectivity index (χ1v) is 7.11. The van der Waals surface area contributed by atoms with Crippen molar-refractivity contribution in [2.24, 2.45) is 5.73 Å². The SMILES string of the molecule is COc1ccc(S(=O)(=O)NCC(N)=O)cc1C=CC(=O)O. The highest BCUT2D eigenvalue weighted by atomic mass is 32.2. The molecule has 0 radical (unpaired) electrons. The number of methoxy groups -OCH3 is 1. The number of primary amides is 1. The zero-order valence-corrected chi connectivity index (χ0v) is 11.9. The molecule has 0 fully saturated rings.